The standard InChI is InChI=1S/C13H19F2N/c1-4-9(3)13(16-5-2)10-6-11(14)8-12(15)7-10/h6-9,13,16H,4-5H2,1-3H3. The lowest BCUT2D eigenvalue weighted by Gasteiger charge is -2.24. The second-order valence-corrected chi connectivity index (χ2v) is 4.12. The van der Waals surface area contributed by atoms with Gasteiger partial charge in [0, 0.05) is 12.1 Å². The van der Waals surface area contributed by atoms with Gasteiger partial charge in [-0.15, -0.1) is 0 Å². The first-order chi connectivity index (χ1) is 7.58. The van der Waals surface area contributed by atoms with Crippen LogP contribution in [0.15, 0.2) is 18.2 Å². The van der Waals surface area contributed by atoms with Crippen LogP contribution >= 0.6 is 0 Å². The van der Waals surface area contributed by atoms with Gasteiger partial charge in [-0.3, -0.25) is 0 Å². The van der Waals surface area contributed by atoms with Crippen LogP contribution in [-0.2, 0) is 0 Å². The van der Waals surface area contributed by atoms with Gasteiger partial charge in [-0.25, -0.2) is 8.78 Å². The molecule has 1 aromatic carbocycles. The van der Waals surface area contributed by atoms with Gasteiger partial charge < -0.3 is 5.32 Å². The summed E-state index contributed by atoms with van der Waals surface area (Å²) in [5.74, 6) is -0.677. The van der Waals surface area contributed by atoms with Crippen LogP contribution < -0.4 is 5.32 Å². The van der Waals surface area contributed by atoms with Gasteiger partial charge in [-0.05, 0) is 30.2 Å². The van der Waals surface area contributed by atoms with E-state index in [1.165, 1.54) is 12.1 Å². The summed E-state index contributed by atoms with van der Waals surface area (Å²) < 4.78 is 26.3. The average molecular weight is 227 g/mol. The predicted octanol–water partition coefficient (Wildman–Crippen LogP) is 3.66. The Bertz CT molecular complexity index is 318. The maximum atomic E-state index is 13.1. The molecule has 1 aromatic rings. The van der Waals surface area contributed by atoms with Gasteiger partial charge in [0.15, 0.2) is 0 Å². The van der Waals surface area contributed by atoms with Gasteiger partial charge in [-0.2, -0.15) is 0 Å². The quantitative estimate of drug-likeness (QED) is 0.809. The minimum atomic E-state index is -0.513. The second kappa shape index (κ2) is 5.94. The largest absolute Gasteiger partial charge is 0.310 e. The normalized spacial score (nSPS) is 14.8. The van der Waals surface area contributed by atoms with Crippen molar-refractivity contribution in [3.63, 3.8) is 0 Å². The fraction of sp³-hybridized carbons (Fsp3) is 0.538. The Labute approximate surface area is 95.9 Å². The van der Waals surface area contributed by atoms with Gasteiger partial charge in [0.1, 0.15) is 11.6 Å². The molecule has 1 N–H and O–H groups in total. The van der Waals surface area contributed by atoms with Crippen molar-refractivity contribution in [3.05, 3.63) is 35.4 Å². The summed E-state index contributed by atoms with van der Waals surface area (Å²) in [6.07, 6.45) is 0.968. The van der Waals surface area contributed by atoms with Crippen LogP contribution in [0.25, 0.3) is 0 Å². The number of hydrogen-bond acceptors (Lipinski definition) is 1. The van der Waals surface area contributed by atoms with Crippen LogP contribution in [0, 0.1) is 17.6 Å². The molecule has 90 valence electrons. The Morgan fingerprint density at radius 2 is 1.69 bits per heavy atom. The lowest BCUT2D eigenvalue weighted by Crippen LogP contribution is -2.26. The van der Waals surface area contributed by atoms with E-state index in [-0.39, 0.29) is 6.04 Å². The number of hydrogen-bond donors (Lipinski definition) is 1. The molecule has 1 nitrogen and oxygen atoms in total. The van der Waals surface area contributed by atoms with Crippen LogP contribution in [0.5, 0.6) is 0 Å². The van der Waals surface area contributed by atoms with E-state index in [0.717, 1.165) is 19.0 Å². The summed E-state index contributed by atoms with van der Waals surface area (Å²) in [5.41, 5.74) is 0.689. The lowest BCUT2D eigenvalue weighted by molar-refractivity contribution is 0.381. The van der Waals surface area contributed by atoms with Crippen molar-refractivity contribution in [2.24, 2.45) is 5.92 Å². The van der Waals surface area contributed by atoms with E-state index in [1.807, 2.05) is 6.92 Å². The molecule has 0 radical (unpaired) electrons. The van der Waals surface area contributed by atoms with Crippen molar-refractivity contribution in [1.29, 1.82) is 0 Å². The van der Waals surface area contributed by atoms with Crippen molar-refractivity contribution >= 4 is 0 Å². The van der Waals surface area contributed by atoms with Crippen LogP contribution in [0.2, 0.25) is 0 Å². The highest BCUT2D eigenvalue weighted by atomic mass is 19.1. The molecule has 1 rings (SSSR count). The van der Waals surface area contributed by atoms with E-state index in [9.17, 15) is 8.78 Å². The molecule has 0 aliphatic heterocycles. The molecule has 0 spiro atoms. The van der Waals surface area contributed by atoms with E-state index < -0.39 is 11.6 Å². The number of halogens is 2. The first kappa shape index (κ1) is 13.1. The Hall–Kier alpha value is -0.960. The number of benzene rings is 1. The molecule has 0 aliphatic carbocycles. The van der Waals surface area contributed by atoms with Crippen molar-refractivity contribution in [2.75, 3.05) is 6.54 Å². The van der Waals surface area contributed by atoms with Crippen LogP contribution in [-0.4, -0.2) is 6.54 Å². The molecule has 0 saturated heterocycles. The highest BCUT2D eigenvalue weighted by Gasteiger charge is 2.18. The van der Waals surface area contributed by atoms with Crippen molar-refractivity contribution in [2.45, 2.75) is 33.2 Å². The SMILES string of the molecule is CCNC(c1cc(F)cc(F)c1)C(C)CC. The topological polar surface area (TPSA) is 12.0 Å². The summed E-state index contributed by atoms with van der Waals surface area (Å²) >= 11 is 0. The summed E-state index contributed by atoms with van der Waals surface area (Å²) in [6.45, 7) is 6.93. The molecule has 2 atom stereocenters. The third-order valence-corrected chi connectivity index (χ3v) is 2.88. The summed E-state index contributed by atoms with van der Waals surface area (Å²) in [7, 11) is 0. The number of rotatable bonds is 5. The zero-order valence-electron chi connectivity index (χ0n) is 10.1. The summed E-state index contributed by atoms with van der Waals surface area (Å²) in [6, 6.07) is 3.73. The van der Waals surface area contributed by atoms with Crippen molar-refractivity contribution < 1.29 is 8.78 Å². The summed E-state index contributed by atoms with van der Waals surface area (Å²) in [5, 5.41) is 3.27. The van der Waals surface area contributed by atoms with Crippen molar-refractivity contribution in [1.82, 2.24) is 5.32 Å². The lowest BCUT2D eigenvalue weighted by atomic mass is 9.92. The molecule has 0 aliphatic rings. The molecule has 0 bridgehead atoms. The molecule has 16 heavy (non-hydrogen) atoms. The minimum absolute atomic E-state index is 0.0141. The molecule has 0 fully saturated rings. The molecule has 3 heteroatoms. The second-order valence-electron chi connectivity index (χ2n) is 4.12. The van der Waals surface area contributed by atoms with Gasteiger partial charge in [0.25, 0.3) is 0 Å². The first-order valence-electron chi connectivity index (χ1n) is 5.77. The Balaban J connectivity index is 3.00. The van der Waals surface area contributed by atoms with Crippen molar-refractivity contribution in [3.8, 4) is 0 Å². The van der Waals surface area contributed by atoms with Gasteiger partial charge in [-0.1, -0.05) is 27.2 Å². The fourth-order valence-corrected chi connectivity index (χ4v) is 1.86. The summed E-state index contributed by atoms with van der Waals surface area (Å²) in [4.78, 5) is 0. The van der Waals surface area contributed by atoms with Gasteiger partial charge in [0.05, 0.1) is 0 Å². The van der Waals surface area contributed by atoms with Crippen LogP contribution in [0.4, 0.5) is 8.78 Å². The van der Waals surface area contributed by atoms with E-state index in [4.69, 9.17) is 0 Å². The molecule has 2 unspecified atom stereocenters. The molecule has 0 heterocycles. The van der Waals surface area contributed by atoms with E-state index in [1.54, 1.807) is 0 Å². The van der Waals surface area contributed by atoms with E-state index in [2.05, 4.69) is 19.2 Å². The third kappa shape index (κ3) is 3.27. The molecular weight excluding hydrogens is 208 g/mol. The Kier molecular flexibility index (Phi) is 4.87. The maximum Gasteiger partial charge on any atom is 0.126 e. The molecule has 0 amide bonds. The molecular formula is C13H19F2N. The van der Waals surface area contributed by atoms with Crippen LogP contribution in [0.3, 0.4) is 0 Å². The molecule has 0 aromatic heterocycles. The Morgan fingerprint density at radius 1 is 1.12 bits per heavy atom. The zero-order chi connectivity index (χ0) is 12.1. The Morgan fingerprint density at radius 3 is 2.12 bits per heavy atom. The fourth-order valence-electron chi connectivity index (χ4n) is 1.86. The van der Waals surface area contributed by atoms with Gasteiger partial charge in [0.2, 0.25) is 0 Å². The van der Waals surface area contributed by atoms with Gasteiger partial charge >= 0.3 is 0 Å². The highest BCUT2D eigenvalue weighted by molar-refractivity contribution is 5.22. The van der Waals surface area contributed by atoms with Crippen LogP contribution in [0.1, 0.15) is 38.8 Å². The predicted molar refractivity (Wildman–Crippen MR) is 62.2 cm³/mol. The monoisotopic (exact) mass is 227 g/mol. The van der Waals surface area contributed by atoms with E-state index >= 15 is 0 Å². The van der Waals surface area contributed by atoms with E-state index in [0.29, 0.717) is 11.5 Å². The number of nitrogens with one attached hydrogen (secondary N) is 1. The molecule has 0 saturated carbocycles. The maximum absolute atomic E-state index is 13.1. The highest BCUT2D eigenvalue weighted by Crippen LogP contribution is 2.25. The first-order valence-corrected chi connectivity index (χ1v) is 5.77. The average Bonchev–Trinajstić information content (AvgIpc) is 2.23. The minimum Gasteiger partial charge on any atom is -0.310 e. The zero-order valence-corrected chi connectivity index (χ0v) is 10.1. The third-order valence-electron chi connectivity index (χ3n) is 2.88. The smallest absolute Gasteiger partial charge is 0.126 e.